The first-order valence-electron chi connectivity index (χ1n) is 10.3. The Morgan fingerprint density at radius 1 is 1.15 bits per heavy atom. The fraction of sp³-hybridized carbons (Fsp3) is 0.857. The van der Waals surface area contributed by atoms with Crippen LogP contribution in [0.15, 0.2) is 16.4 Å². The van der Waals surface area contributed by atoms with Gasteiger partial charge in [-0.2, -0.15) is 0 Å². The van der Waals surface area contributed by atoms with Crippen LogP contribution < -0.4 is 0 Å². The average molecular weight is 357 g/mol. The molecule has 0 radical (unpaired) electrons. The van der Waals surface area contributed by atoms with E-state index in [0.717, 1.165) is 31.3 Å². The Morgan fingerprint density at radius 2 is 1.92 bits per heavy atom. The Bertz CT molecular complexity index is 708. The molecule has 0 aromatic heterocycles. The SMILES string of the molecule is CC(O)[C@H]1CC[C@H]2[C@@H]3CCC4=C(N=[N+]=[N-])C(=O)CC[C@]4(C)[C@H]3CC[C@]12C. The van der Waals surface area contributed by atoms with Crippen LogP contribution in [0.2, 0.25) is 0 Å². The molecule has 26 heavy (non-hydrogen) atoms. The van der Waals surface area contributed by atoms with E-state index in [2.05, 4.69) is 23.9 Å². The number of ketones is 1. The van der Waals surface area contributed by atoms with E-state index >= 15 is 0 Å². The van der Waals surface area contributed by atoms with E-state index in [-0.39, 0.29) is 22.7 Å². The number of allylic oxidation sites excluding steroid dienone is 1. The van der Waals surface area contributed by atoms with Crippen LogP contribution in [0.4, 0.5) is 0 Å². The van der Waals surface area contributed by atoms with Gasteiger partial charge in [-0.05, 0) is 91.9 Å². The van der Waals surface area contributed by atoms with Crippen molar-refractivity contribution in [3.8, 4) is 0 Å². The van der Waals surface area contributed by atoms with E-state index in [9.17, 15) is 9.90 Å². The molecule has 5 nitrogen and oxygen atoms in total. The highest BCUT2D eigenvalue weighted by Gasteiger charge is 2.60. The van der Waals surface area contributed by atoms with Gasteiger partial charge in [-0.1, -0.05) is 24.5 Å². The summed E-state index contributed by atoms with van der Waals surface area (Å²) in [6.07, 6.45) is 7.88. The summed E-state index contributed by atoms with van der Waals surface area (Å²) < 4.78 is 0. The molecular weight excluding hydrogens is 326 g/mol. The number of aliphatic hydroxyl groups is 1. The van der Waals surface area contributed by atoms with Crippen molar-refractivity contribution in [3.05, 3.63) is 21.7 Å². The number of Topliss-reactive ketones (excluding diaryl/α,β-unsaturated/α-hetero) is 1. The number of rotatable bonds is 2. The van der Waals surface area contributed by atoms with E-state index < -0.39 is 0 Å². The Hall–Kier alpha value is -1.32. The molecule has 7 atom stereocenters. The van der Waals surface area contributed by atoms with Crippen molar-refractivity contribution >= 4 is 5.78 Å². The van der Waals surface area contributed by atoms with Crippen LogP contribution >= 0.6 is 0 Å². The number of fused-ring (bicyclic) bond motifs is 5. The lowest BCUT2D eigenvalue weighted by atomic mass is 9.46. The molecule has 0 bridgehead atoms. The third kappa shape index (κ3) is 2.33. The highest BCUT2D eigenvalue weighted by molar-refractivity contribution is 5.97. The maximum Gasteiger partial charge on any atom is 0.165 e. The van der Waals surface area contributed by atoms with Gasteiger partial charge in [0, 0.05) is 11.3 Å². The molecule has 4 aliphatic carbocycles. The van der Waals surface area contributed by atoms with Crippen molar-refractivity contribution in [1.29, 1.82) is 0 Å². The molecule has 0 aliphatic heterocycles. The number of carbonyl (C=O) groups excluding carboxylic acids is 1. The summed E-state index contributed by atoms with van der Waals surface area (Å²) in [6, 6.07) is 0. The monoisotopic (exact) mass is 357 g/mol. The van der Waals surface area contributed by atoms with E-state index in [0.29, 0.717) is 35.8 Å². The standard InChI is InChI=1S/C21H31N3O2/c1-12(25)14-6-7-15-13-4-5-17-19(23-24-22)18(26)9-11-21(17,3)16(13)8-10-20(14,15)2/h12-16,25H,4-11H2,1-3H3/t12?,13-,14+,15-,16-,20+,21+/m0/s1. The van der Waals surface area contributed by atoms with Gasteiger partial charge in [0.15, 0.2) is 5.78 Å². The molecule has 0 aromatic rings. The Balaban J connectivity index is 1.71. The van der Waals surface area contributed by atoms with Crippen LogP contribution in [-0.2, 0) is 4.79 Å². The number of hydrogen-bond donors (Lipinski definition) is 1. The molecule has 3 fully saturated rings. The van der Waals surface area contributed by atoms with Gasteiger partial charge in [-0.3, -0.25) is 4.79 Å². The quantitative estimate of drug-likeness (QED) is 0.421. The molecule has 0 heterocycles. The van der Waals surface area contributed by atoms with Gasteiger partial charge in [0.05, 0.1) is 11.8 Å². The minimum Gasteiger partial charge on any atom is -0.393 e. The highest BCUT2D eigenvalue weighted by atomic mass is 16.3. The predicted molar refractivity (Wildman–Crippen MR) is 100.0 cm³/mol. The van der Waals surface area contributed by atoms with Crippen LogP contribution in [0.5, 0.6) is 0 Å². The molecule has 0 spiro atoms. The van der Waals surface area contributed by atoms with Gasteiger partial charge in [-0.15, -0.1) is 0 Å². The van der Waals surface area contributed by atoms with Gasteiger partial charge >= 0.3 is 0 Å². The second-order valence-electron chi connectivity index (χ2n) is 9.74. The Morgan fingerprint density at radius 3 is 2.62 bits per heavy atom. The van der Waals surface area contributed by atoms with Gasteiger partial charge in [-0.25, -0.2) is 0 Å². The van der Waals surface area contributed by atoms with Crippen molar-refractivity contribution in [2.45, 2.75) is 78.2 Å². The molecule has 0 amide bonds. The van der Waals surface area contributed by atoms with Gasteiger partial charge < -0.3 is 5.11 Å². The van der Waals surface area contributed by atoms with Gasteiger partial charge in [0.1, 0.15) is 0 Å². The van der Waals surface area contributed by atoms with E-state index in [1.807, 2.05) is 6.92 Å². The van der Waals surface area contributed by atoms with Crippen molar-refractivity contribution in [3.63, 3.8) is 0 Å². The van der Waals surface area contributed by atoms with Crippen LogP contribution in [0.25, 0.3) is 10.4 Å². The second-order valence-corrected chi connectivity index (χ2v) is 9.74. The highest BCUT2D eigenvalue weighted by Crippen LogP contribution is 2.67. The molecule has 1 N–H and O–H groups in total. The molecule has 1 unspecified atom stereocenters. The molecule has 5 heteroatoms. The summed E-state index contributed by atoms with van der Waals surface area (Å²) in [5.41, 5.74) is 10.8. The van der Waals surface area contributed by atoms with E-state index in [1.165, 1.54) is 19.3 Å². The summed E-state index contributed by atoms with van der Waals surface area (Å²) >= 11 is 0. The van der Waals surface area contributed by atoms with Crippen LogP contribution in [-0.4, -0.2) is 17.0 Å². The Labute approximate surface area is 155 Å². The van der Waals surface area contributed by atoms with E-state index in [1.54, 1.807) is 0 Å². The maximum atomic E-state index is 12.3. The van der Waals surface area contributed by atoms with Crippen molar-refractivity contribution in [2.75, 3.05) is 0 Å². The summed E-state index contributed by atoms with van der Waals surface area (Å²) in [6.45, 7) is 6.70. The number of carbonyl (C=O) groups is 1. The summed E-state index contributed by atoms with van der Waals surface area (Å²) in [7, 11) is 0. The summed E-state index contributed by atoms with van der Waals surface area (Å²) in [4.78, 5) is 15.3. The summed E-state index contributed by atoms with van der Waals surface area (Å²) in [5.74, 6) is 2.38. The second kappa shape index (κ2) is 6.10. The molecule has 4 rings (SSSR count). The lowest BCUT2D eigenvalue weighted by Crippen LogP contribution is -2.51. The van der Waals surface area contributed by atoms with Gasteiger partial charge in [0.2, 0.25) is 0 Å². The van der Waals surface area contributed by atoms with Crippen molar-refractivity contribution in [1.82, 2.24) is 0 Å². The minimum atomic E-state index is -0.222. The minimum absolute atomic E-state index is 0.00456. The number of azide groups is 1. The fourth-order valence-corrected chi connectivity index (χ4v) is 7.68. The predicted octanol–water partition coefficient (Wildman–Crippen LogP) is 5.15. The first-order valence-corrected chi connectivity index (χ1v) is 10.3. The van der Waals surface area contributed by atoms with Crippen LogP contribution in [0.1, 0.15) is 72.1 Å². The normalized spacial score (nSPS) is 46.1. The largest absolute Gasteiger partial charge is 0.393 e. The third-order valence-corrected chi connectivity index (χ3v) is 8.89. The van der Waals surface area contributed by atoms with Crippen LogP contribution in [0.3, 0.4) is 0 Å². The zero-order valence-corrected chi connectivity index (χ0v) is 16.2. The average Bonchev–Trinajstić information content (AvgIpc) is 2.95. The number of aliphatic hydroxyl groups excluding tert-OH is 1. The Kier molecular flexibility index (Phi) is 4.24. The summed E-state index contributed by atoms with van der Waals surface area (Å²) in [5, 5.41) is 14.1. The molecule has 4 aliphatic rings. The van der Waals surface area contributed by atoms with Gasteiger partial charge in [0.25, 0.3) is 0 Å². The molecule has 142 valence electrons. The molecule has 3 saturated carbocycles. The van der Waals surface area contributed by atoms with Crippen molar-refractivity contribution in [2.24, 2.45) is 39.6 Å². The number of nitrogens with zero attached hydrogens (tertiary/aromatic N) is 3. The lowest BCUT2D eigenvalue weighted by Gasteiger charge is -2.58. The zero-order valence-electron chi connectivity index (χ0n) is 16.2. The van der Waals surface area contributed by atoms with Crippen molar-refractivity contribution < 1.29 is 9.90 Å². The zero-order chi connectivity index (χ0) is 18.7. The first-order chi connectivity index (χ1) is 12.3. The fourth-order valence-electron chi connectivity index (χ4n) is 7.68. The first kappa shape index (κ1) is 18.1. The smallest absolute Gasteiger partial charge is 0.165 e. The molecular formula is C21H31N3O2. The van der Waals surface area contributed by atoms with E-state index in [4.69, 9.17) is 5.53 Å². The third-order valence-electron chi connectivity index (χ3n) is 8.89. The maximum absolute atomic E-state index is 12.3. The molecule has 0 aromatic carbocycles. The number of hydrogen-bond acceptors (Lipinski definition) is 3. The molecule has 0 saturated heterocycles. The topological polar surface area (TPSA) is 86.1 Å². The lowest BCUT2D eigenvalue weighted by molar-refractivity contribution is -0.119. The van der Waals surface area contributed by atoms with Crippen LogP contribution in [0, 0.1) is 34.5 Å².